The van der Waals surface area contributed by atoms with Crippen molar-refractivity contribution in [3.05, 3.63) is 27.0 Å². The summed E-state index contributed by atoms with van der Waals surface area (Å²) >= 11 is 6.91. The molecule has 0 saturated heterocycles. The largest absolute Gasteiger partial charge is 0.309 e. The SMILES string of the molecule is CCNC(C)c1csc(-c2ccc(Br)s2)n1. The van der Waals surface area contributed by atoms with Crippen LogP contribution in [0, 0.1) is 0 Å². The van der Waals surface area contributed by atoms with Crippen LogP contribution in [0.2, 0.25) is 0 Å². The molecular weight excluding hydrogens is 304 g/mol. The Bertz CT molecular complexity index is 464. The maximum Gasteiger partial charge on any atom is 0.133 e. The molecule has 0 aliphatic heterocycles. The third-order valence-electron chi connectivity index (χ3n) is 2.26. The number of aromatic nitrogens is 1. The zero-order valence-corrected chi connectivity index (χ0v) is 12.4. The highest BCUT2D eigenvalue weighted by Crippen LogP contribution is 2.33. The first-order valence-corrected chi connectivity index (χ1v) is 7.64. The molecule has 0 amide bonds. The Morgan fingerprint density at radius 2 is 2.31 bits per heavy atom. The van der Waals surface area contributed by atoms with Crippen molar-refractivity contribution in [2.75, 3.05) is 6.54 Å². The Hall–Kier alpha value is -0.230. The number of nitrogens with zero attached hydrogens (tertiary/aromatic N) is 1. The van der Waals surface area contributed by atoms with Crippen molar-refractivity contribution < 1.29 is 0 Å². The van der Waals surface area contributed by atoms with E-state index in [1.807, 2.05) is 0 Å². The molecule has 1 unspecified atom stereocenters. The van der Waals surface area contributed by atoms with Gasteiger partial charge in [-0.2, -0.15) is 0 Å². The van der Waals surface area contributed by atoms with E-state index in [0.717, 1.165) is 21.0 Å². The van der Waals surface area contributed by atoms with Gasteiger partial charge in [0.25, 0.3) is 0 Å². The van der Waals surface area contributed by atoms with Crippen molar-refractivity contribution in [2.45, 2.75) is 19.9 Å². The fourth-order valence-corrected chi connectivity index (χ4v) is 3.81. The second-order valence-electron chi connectivity index (χ2n) is 3.46. The molecule has 1 N–H and O–H groups in total. The normalized spacial score (nSPS) is 12.9. The molecule has 0 aliphatic carbocycles. The van der Waals surface area contributed by atoms with Gasteiger partial charge in [-0.15, -0.1) is 22.7 Å². The first-order chi connectivity index (χ1) is 7.70. The average molecular weight is 317 g/mol. The van der Waals surface area contributed by atoms with Gasteiger partial charge in [0, 0.05) is 11.4 Å². The van der Waals surface area contributed by atoms with Crippen LogP contribution in [0.15, 0.2) is 21.3 Å². The highest BCUT2D eigenvalue weighted by Gasteiger charge is 2.11. The Labute approximate surface area is 112 Å². The number of thiophene rings is 1. The van der Waals surface area contributed by atoms with E-state index in [2.05, 4.69) is 57.6 Å². The van der Waals surface area contributed by atoms with Crippen LogP contribution in [-0.4, -0.2) is 11.5 Å². The summed E-state index contributed by atoms with van der Waals surface area (Å²) in [7, 11) is 0. The number of hydrogen-bond acceptors (Lipinski definition) is 4. The van der Waals surface area contributed by atoms with Crippen molar-refractivity contribution in [2.24, 2.45) is 0 Å². The lowest BCUT2D eigenvalue weighted by atomic mass is 10.2. The van der Waals surface area contributed by atoms with Crippen LogP contribution >= 0.6 is 38.6 Å². The monoisotopic (exact) mass is 316 g/mol. The van der Waals surface area contributed by atoms with Crippen LogP contribution in [0.1, 0.15) is 25.6 Å². The van der Waals surface area contributed by atoms with Gasteiger partial charge in [0.05, 0.1) is 14.4 Å². The lowest BCUT2D eigenvalue weighted by molar-refractivity contribution is 0.587. The molecule has 2 heterocycles. The van der Waals surface area contributed by atoms with Crippen LogP contribution in [-0.2, 0) is 0 Å². The van der Waals surface area contributed by atoms with E-state index < -0.39 is 0 Å². The van der Waals surface area contributed by atoms with Gasteiger partial charge >= 0.3 is 0 Å². The van der Waals surface area contributed by atoms with Crippen molar-refractivity contribution in [1.82, 2.24) is 10.3 Å². The molecular formula is C11H13BrN2S2. The third kappa shape index (κ3) is 2.71. The molecule has 0 aromatic carbocycles. The lowest BCUT2D eigenvalue weighted by Gasteiger charge is -2.07. The summed E-state index contributed by atoms with van der Waals surface area (Å²) in [6.07, 6.45) is 0. The number of thiazole rings is 1. The van der Waals surface area contributed by atoms with Gasteiger partial charge in [0.1, 0.15) is 5.01 Å². The summed E-state index contributed by atoms with van der Waals surface area (Å²) in [6.45, 7) is 5.23. The third-order valence-corrected chi connectivity index (χ3v) is 4.91. The van der Waals surface area contributed by atoms with Crippen LogP contribution in [0.3, 0.4) is 0 Å². The quantitative estimate of drug-likeness (QED) is 0.909. The van der Waals surface area contributed by atoms with Crippen LogP contribution in [0.25, 0.3) is 9.88 Å². The fourth-order valence-electron chi connectivity index (χ4n) is 1.44. The maximum absolute atomic E-state index is 4.66. The maximum atomic E-state index is 4.66. The minimum absolute atomic E-state index is 0.332. The van der Waals surface area contributed by atoms with Crippen molar-refractivity contribution in [3.63, 3.8) is 0 Å². The van der Waals surface area contributed by atoms with E-state index in [9.17, 15) is 0 Å². The summed E-state index contributed by atoms with van der Waals surface area (Å²) < 4.78 is 1.15. The standard InChI is InChI=1S/C11H13BrN2S2/c1-3-13-7(2)8-6-15-11(14-8)9-4-5-10(12)16-9/h4-7,13H,3H2,1-2H3. The Morgan fingerprint density at radius 1 is 1.50 bits per heavy atom. The van der Waals surface area contributed by atoms with Crippen LogP contribution in [0.5, 0.6) is 0 Å². The number of rotatable bonds is 4. The molecule has 0 bridgehead atoms. The van der Waals surface area contributed by atoms with E-state index >= 15 is 0 Å². The molecule has 2 aromatic heterocycles. The molecule has 0 aliphatic rings. The van der Waals surface area contributed by atoms with E-state index in [1.54, 1.807) is 22.7 Å². The van der Waals surface area contributed by atoms with E-state index in [4.69, 9.17) is 0 Å². The van der Waals surface area contributed by atoms with Crippen molar-refractivity contribution in [1.29, 1.82) is 0 Å². The van der Waals surface area contributed by atoms with Gasteiger partial charge in [-0.1, -0.05) is 6.92 Å². The van der Waals surface area contributed by atoms with E-state index in [-0.39, 0.29) is 0 Å². The molecule has 2 aromatic rings. The fraction of sp³-hybridized carbons (Fsp3) is 0.364. The number of nitrogens with one attached hydrogen (secondary N) is 1. The highest BCUT2D eigenvalue weighted by molar-refractivity contribution is 9.11. The molecule has 0 saturated carbocycles. The first-order valence-electron chi connectivity index (χ1n) is 5.15. The summed E-state index contributed by atoms with van der Waals surface area (Å²) in [6, 6.07) is 4.50. The summed E-state index contributed by atoms with van der Waals surface area (Å²) in [5.74, 6) is 0. The molecule has 0 fully saturated rings. The molecule has 5 heteroatoms. The molecule has 1 atom stereocenters. The van der Waals surface area contributed by atoms with Crippen LogP contribution in [0.4, 0.5) is 0 Å². The first kappa shape index (κ1) is 12.2. The number of halogens is 1. The predicted molar refractivity (Wildman–Crippen MR) is 75.2 cm³/mol. The van der Waals surface area contributed by atoms with Gasteiger partial charge in [-0.25, -0.2) is 4.98 Å². The molecule has 2 nitrogen and oxygen atoms in total. The minimum Gasteiger partial charge on any atom is -0.309 e. The molecule has 0 radical (unpaired) electrons. The van der Waals surface area contributed by atoms with Crippen molar-refractivity contribution in [3.8, 4) is 9.88 Å². The van der Waals surface area contributed by atoms with Gasteiger partial charge < -0.3 is 5.32 Å². The second-order valence-corrected chi connectivity index (χ2v) is 6.78. The molecule has 86 valence electrons. The topological polar surface area (TPSA) is 24.9 Å². The smallest absolute Gasteiger partial charge is 0.133 e. The highest BCUT2D eigenvalue weighted by atomic mass is 79.9. The van der Waals surface area contributed by atoms with Crippen LogP contribution < -0.4 is 5.32 Å². The number of hydrogen-bond donors (Lipinski definition) is 1. The van der Waals surface area contributed by atoms with E-state index in [0.29, 0.717) is 6.04 Å². The van der Waals surface area contributed by atoms with Gasteiger partial charge in [-0.3, -0.25) is 0 Å². The average Bonchev–Trinajstić information content (AvgIpc) is 2.85. The predicted octanol–water partition coefficient (Wildman–Crippen LogP) is 4.30. The summed E-state index contributed by atoms with van der Waals surface area (Å²) in [5, 5.41) is 6.61. The summed E-state index contributed by atoms with van der Waals surface area (Å²) in [5.41, 5.74) is 1.13. The van der Waals surface area contributed by atoms with Crippen molar-refractivity contribution >= 4 is 38.6 Å². The van der Waals surface area contributed by atoms with Gasteiger partial charge in [-0.05, 0) is 41.5 Å². The van der Waals surface area contributed by atoms with Gasteiger partial charge in [0.2, 0.25) is 0 Å². The van der Waals surface area contributed by atoms with Gasteiger partial charge in [0.15, 0.2) is 0 Å². The van der Waals surface area contributed by atoms with E-state index in [1.165, 1.54) is 4.88 Å². The molecule has 0 spiro atoms. The molecule has 16 heavy (non-hydrogen) atoms. The summed E-state index contributed by atoms with van der Waals surface area (Å²) in [4.78, 5) is 5.89. The zero-order chi connectivity index (χ0) is 11.5. The molecule has 2 rings (SSSR count). The second kappa shape index (κ2) is 5.40. The Kier molecular flexibility index (Phi) is 4.13. The lowest BCUT2D eigenvalue weighted by Crippen LogP contribution is -2.17. The Morgan fingerprint density at radius 3 is 2.94 bits per heavy atom. The Balaban J connectivity index is 2.19. The zero-order valence-electron chi connectivity index (χ0n) is 9.16. The minimum atomic E-state index is 0.332.